The number of amides is 1. The first-order valence-corrected chi connectivity index (χ1v) is 8.91. The second-order valence-corrected chi connectivity index (χ2v) is 7.15. The van der Waals surface area contributed by atoms with Crippen molar-refractivity contribution in [3.63, 3.8) is 0 Å². The quantitative estimate of drug-likeness (QED) is 0.513. The van der Waals surface area contributed by atoms with Crippen LogP contribution in [-0.2, 0) is 4.79 Å². The van der Waals surface area contributed by atoms with E-state index in [0.717, 1.165) is 10.7 Å². The predicted octanol–water partition coefficient (Wildman–Crippen LogP) is 4.49. The number of carbonyl (C=O) groups is 1. The molecule has 3 rings (SSSR count). The molecule has 0 radical (unpaired) electrons. The van der Waals surface area contributed by atoms with Gasteiger partial charge in [-0.15, -0.1) is 10.2 Å². The highest BCUT2D eigenvalue weighted by atomic mass is 35.5. The molecule has 0 aliphatic carbocycles. The number of benzene rings is 1. The van der Waals surface area contributed by atoms with Crippen LogP contribution in [0.3, 0.4) is 0 Å². The average molecular weight is 404 g/mol. The molecule has 0 aliphatic heterocycles. The first-order valence-electron chi connectivity index (χ1n) is 7.34. The van der Waals surface area contributed by atoms with E-state index in [-0.39, 0.29) is 5.57 Å². The van der Waals surface area contributed by atoms with Crippen LogP contribution in [0.2, 0.25) is 10.0 Å². The molecule has 26 heavy (non-hydrogen) atoms. The Kier molecular flexibility index (Phi) is 5.38. The molecular weight excluding hydrogens is 393 g/mol. The lowest BCUT2D eigenvalue weighted by Gasteiger charge is -2.08. The highest BCUT2D eigenvalue weighted by Gasteiger charge is 2.13. The average Bonchev–Trinajstić information content (AvgIpc) is 3.24. The number of aromatic nitrogens is 3. The highest BCUT2D eigenvalue weighted by molar-refractivity contribution is 7.15. The van der Waals surface area contributed by atoms with Crippen LogP contribution in [0, 0.1) is 18.3 Å². The Balaban J connectivity index is 1.91. The summed E-state index contributed by atoms with van der Waals surface area (Å²) in [5.74, 6) is -0.550. The monoisotopic (exact) mass is 403 g/mol. The summed E-state index contributed by atoms with van der Waals surface area (Å²) in [6.07, 6.45) is 3.29. The molecule has 1 amide bonds. The summed E-state index contributed by atoms with van der Waals surface area (Å²) in [4.78, 5) is 12.3. The minimum absolute atomic E-state index is 0.0575. The summed E-state index contributed by atoms with van der Waals surface area (Å²) in [5.41, 5.74) is 1.34. The predicted molar refractivity (Wildman–Crippen MR) is 103 cm³/mol. The Hall–Kier alpha value is -2.66. The summed E-state index contributed by atoms with van der Waals surface area (Å²) in [7, 11) is 0. The lowest BCUT2D eigenvalue weighted by atomic mass is 10.2. The van der Waals surface area contributed by atoms with Crippen LogP contribution in [0.1, 0.15) is 10.7 Å². The third-order valence-electron chi connectivity index (χ3n) is 3.37. The smallest absolute Gasteiger partial charge is 0.268 e. The van der Waals surface area contributed by atoms with Crippen LogP contribution >= 0.6 is 34.5 Å². The van der Waals surface area contributed by atoms with E-state index in [1.165, 1.54) is 17.4 Å². The van der Waals surface area contributed by atoms with Crippen LogP contribution < -0.4 is 5.32 Å². The van der Waals surface area contributed by atoms with E-state index in [1.807, 2.05) is 6.07 Å². The molecule has 0 aliphatic rings. The van der Waals surface area contributed by atoms with E-state index >= 15 is 0 Å². The molecule has 130 valence electrons. The Labute approximate surface area is 163 Å². The van der Waals surface area contributed by atoms with Crippen LogP contribution in [-0.4, -0.2) is 20.7 Å². The molecule has 0 fully saturated rings. The van der Waals surface area contributed by atoms with Gasteiger partial charge in [0.25, 0.3) is 5.91 Å². The molecule has 0 unspecified atom stereocenters. The van der Waals surface area contributed by atoms with Crippen molar-refractivity contribution < 1.29 is 4.79 Å². The highest BCUT2D eigenvalue weighted by Crippen LogP contribution is 2.26. The number of hydrogen-bond acceptors (Lipinski definition) is 5. The van der Waals surface area contributed by atoms with Crippen molar-refractivity contribution in [2.75, 3.05) is 5.32 Å². The second kappa shape index (κ2) is 7.70. The number of carbonyl (C=O) groups excluding carboxylic acids is 1. The molecule has 1 aromatic carbocycles. The molecule has 0 saturated carbocycles. The van der Waals surface area contributed by atoms with Gasteiger partial charge in [0.05, 0.1) is 10.0 Å². The Morgan fingerprint density at radius 1 is 1.31 bits per heavy atom. The molecule has 2 heterocycles. The van der Waals surface area contributed by atoms with E-state index in [0.29, 0.717) is 20.9 Å². The molecule has 0 saturated heterocycles. The summed E-state index contributed by atoms with van der Waals surface area (Å²) in [5, 5.41) is 21.5. The maximum Gasteiger partial charge on any atom is 0.268 e. The molecule has 0 bridgehead atoms. The topological polar surface area (TPSA) is 83.6 Å². The van der Waals surface area contributed by atoms with Gasteiger partial charge in [0, 0.05) is 17.6 Å². The van der Waals surface area contributed by atoms with Crippen molar-refractivity contribution in [3.05, 3.63) is 62.8 Å². The van der Waals surface area contributed by atoms with Gasteiger partial charge in [-0.05, 0) is 43.3 Å². The van der Waals surface area contributed by atoms with Gasteiger partial charge in [0.2, 0.25) is 5.13 Å². The maximum atomic E-state index is 12.3. The van der Waals surface area contributed by atoms with Gasteiger partial charge in [0.1, 0.15) is 16.6 Å². The number of rotatable bonds is 4. The standard InChI is InChI=1S/C17H11Cl2N5OS/c1-10-22-23-17(26-10)21-16(25)11(9-20)7-12-3-2-6-24(12)13-4-5-14(18)15(19)8-13/h2-8H,1H3,(H,21,23,25). The third-order valence-corrected chi connectivity index (χ3v) is 4.86. The molecular formula is C17H11Cl2N5OS. The third kappa shape index (κ3) is 3.94. The maximum absolute atomic E-state index is 12.3. The summed E-state index contributed by atoms with van der Waals surface area (Å²) < 4.78 is 1.79. The molecule has 1 N–H and O–H groups in total. The van der Waals surface area contributed by atoms with Gasteiger partial charge in [0.15, 0.2) is 0 Å². The second-order valence-electron chi connectivity index (χ2n) is 5.15. The van der Waals surface area contributed by atoms with Crippen LogP contribution in [0.25, 0.3) is 11.8 Å². The SMILES string of the molecule is Cc1nnc(NC(=O)C(C#N)=Cc2cccn2-c2ccc(Cl)c(Cl)c2)s1. The molecule has 3 aromatic rings. The fourth-order valence-electron chi connectivity index (χ4n) is 2.19. The summed E-state index contributed by atoms with van der Waals surface area (Å²) in [6.45, 7) is 1.78. The minimum Gasteiger partial charge on any atom is -0.317 e. The number of nitriles is 1. The Bertz CT molecular complexity index is 1050. The molecule has 0 atom stereocenters. The number of halogens is 2. The normalized spacial score (nSPS) is 11.2. The van der Waals surface area contributed by atoms with Crippen LogP contribution in [0.5, 0.6) is 0 Å². The Morgan fingerprint density at radius 2 is 2.12 bits per heavy atom. The molecule has 0 spiro atoms. The van der Waals surface area contributed by atoms with Gasteiger partial charge in [-0.1, -0.05) is 34.5 Å². The van der Waals surface area contributed by atoms with Crippen molar-refractivity contribution in [2.24, 2.45) is 0 Å². The van der Waals surface area contributed by atoms with Crippen molar-refractivity contribution in [2.45, 2.75) is 6.92 Å². The van der Waals surface area contributed by atoms with E-state index in [4.69, 9.17) is 23.2 Å². The van der Waals surface area contributed by atoms with E-state index < -0.39 is 5.91 Å². The fourth-order valence-corrected chi connectivity index (χ4v) is 3.07. The molecule has 2 aromatic heterocycles. The van der Waals surface area contributed by atoms with Crippen molar-refractivity contribution in [1.29, 1.82) is 5.26 Å². The van der Waals surface area contributed by atoms with Crippen molar-refractivity contribution >= 4 is 51.7 Å². The zero-order valence-electron chi connectivity index (χ0n) is 13.4. The number of aryl methyl sites for hydroxylation is 1. The fraction of sp³-hybridized carbons (Fsp3) is 0.0588. The van der Waals surface area contributed by atoms with Crippen molar-refractivity contribution in [1.82, 2.24) is 14.8 Å². The first kappa shape index (κ1) is 18.1. The summed E-state index contributed by atoms with van der Waals surface area (Å²) in [6, 6.07) is 10.7. The number of nitrogens with one attached hydrogen (secondary N) is 1. The van der Waals surface area contributed by atoms with Gasteiger partial charge in [-0.25, -0.2) is 0 Å². The minimum atomic E-state index is -0.550. The van der Waals surface area contributed by atoms with Crippen LogP contribution in [0.4, 0.5) is 5.13 Å². The molecule has 6 nitrogen and oxygen atoms in total. The number of hydrogen-bond donors (Lipinski definition) is 1. The number of nitrogens with zero attached hydrogens (tertiary/aromatic N) is 4. The van der Waals surface area contributed by atoms with E-state index in [2.05, 4.69) is 15.5 Å². The molecule has 9 heteroatoms. The zero-order chi connectivity index (χ0) is 18.7. The lowest BCUT2D eigenvalue weighted by Crippen LogP contribution is -2.13. The largest absolute Gasteiger partial charge is 0.317 e. The van der Waals surface area contributed by atoms with Crippen molar-refractivity contribution in [3.8, 4) is 11.8 Å². The number of anilines is 1. The van der Waals surface area contributed by atoms with Crippen LogP contribution in [0.15, 0.2) is 42.1 Å². The van der Waals surface area contributed by atoms with Gasteiger partial charge >= 0.3 is 0 Å². The first-order chi connectivity index (χ1) is 12.5. The van der Waals surface area contributed by atoms with E-state index in [9.17, 15) is 10.1 Å². The zero-order valence-corrected chi connectivity index (χ0v) is 15.7. The summed E-state index contributed by atoms with van der Waals surface area (Å²) >= 11 is 13.3. The van der Waals surface area contributed by atoms with Gasteiger partial charge in [-0.3, -0.25) is 10.1 Å². The Morgan fingerprint density at radius 3 is 2.77 bits per heavy atom. The van der Waals surface area contributed by atoms with Gasteiger partial charge < -0.3 is 4.57 Å². The van der Waals surface area contributed by atoms with Gasteiger partial charge in [-0.2, -0.15) is 5.26 Å². The lowest BCUT2D eigenvalue weighted by molar-refractivity contribution is -0.112. The van der Waals surface area contributed by atoms with E-state index in [1.54, 1.807) is 48.0 Å².